The predicted octanol–water partition coefficient (Wildman–Crippen LogP) is 2.69. The minimum absolute atomic E-state index is 0.815. The summed E-state index contributed by atoms with van der Waals surface area (Å²) in [5.41, 5.74) is 0. The highest BCUT2D eigenvalue weighted by molar-refractivity contribution is 4.77. The highest BCUT2D eigenvalue weighted by Crippen LogP contribution is 2.14. The van der Waals surface area contributed by atoms with Gasteiger partial charge in [0.2, 0.25) is 0 Å². The third kappa shape index (κ3) is 7.34. The maximum atomic E-state index is 2.46. The van der Waals surface area contributed by atoms with Crippen LogP contribution in [0.4, 0.5) is 0 Å². The van der Waals surface area contributed by atoms with Crippen LogP contribution in [-0.4, -0.2) is 50.1 Å². The van der Waals surface area contributed by atoms with Crippen molar-refractivity contribution in [1.29, 1.82) is 0 Å². The van der Waals surface area contributed by atoms with Crippen molar-refractivity contribution in [2.45, 2.75) is 46.6 Å². The van der Waals surface area contributed by atoms with Crippen molar-refractivity contribution < 1.29 is 0 Å². The van der Waals surface area contributed by atoms with Gasteiger partial charge in [-0.2, -0.15) is 0 Å². The van der Waals surface area contributed by atoms with Gasteiger partial charge in [0.1, 0.15) is 0 Å². The average Bonchev–Trinajstić information content (AvgIpc) is 2.58. The molecule has 1 fully saturated rings. The molecule has 0 radical (unpaired) electrons. The van der Waals surface area contributed by atoms with E-state index in [4.69, 9.17) is 0 Å². The highest BCUT2D eigenvalue weighted by Gasteiger charge is 2.20. The van der Waals surface area contributed by atoms with Crippen LogP contribution in [0.25, 0.3) is 0 Å². The summed E-state index contributed by atoms with van der Waals surface area (Å²) in [6.07, 6.45) is 2.77. The van der Waals surface area contributed by atoms with Gasteiger partial charge in [-0.05, 0) is 40.5 Å². The van der Waals surface area contributed by atoms with Crippen molar-refractivity contribution in [2.75, 3.05) is 34.2 Å². The lowest BCUT2D eigenvalue weighted by Gasteiger charge is -2.22. The van der Waals surface area contributed by atoms with Gasteiger partial charge in [0.05, 0.1) is 0 Å². The normalized spacial score (nSPS) is 21.0. The van der Waals surface area contributed by atoms with Gasteiger partial charge in [0.15, 0.2) is 0 Å². The van der Waals surface area contributed by atoms with Crippen LogP contribution in [0.2, 0.25) is 0 Å². The molecule has 2 nitrogen and oxygen atoms in total. The van der Waals surface area contributed by atoms with Crippen LogP contribution in [0.5, 0.6) is 0 Å². The van der Waals surface area contributed by atoms with Gasteiger partial charge in [-0.15, -0.1) is 0 Å². The number of hydrogen-bond acceptors (Lipinski definition) is 2. The van der Waals surface area contributed by atoms with Gasteiger partial charge < -0.3 is 9.80 Å². The number of nitrogens with zero attached hydrogens (tertiary/aromatic N) is 2. The molecule has 0 saturated carbocycles. The molecule has 0 aromatic carbocycles. The second-order valence-corrected chi connectivity index (χ2v) is 3.54. The van der Waals surface area contributed by atoms with Gasteiger partial charge in [0, 0.05) is 12.6 Å². The van der Waals surface area contributed by atoms with Gasteiger partial charge in [-0.25, -0.2) is 0 Å². The van der Waals surface area contributed by atoms with E-state index in [1.807, 2.05) is 27.7 Å². The van der Waals surface area contributed by atoms with E-state index in [0.717, 1.165) is 6.04 Å². The summed E-state index contributed by atoms with van der Waals surface area (Å²) in [6.45, 7) is 10.5. The largest absolute Gasteiger partial charge is 0.308 e. The first-order valence-electron chi connectivity index (χ1n) is 6.05. The second-order valence-electron chi connectivity index (χ2n) is 3.54. The molecular formula is C12H30N2. The maximum absolute atomic E-state index is 2.46. The van der Waals surface area contributed by atoms with Crippen LogP contribution >= 0.6 is 0 Å². The van der Waals surface area contributed by atoms with Gasteiger partial charge >= 0.3 is 0 Å². The Morgan fingerprint density at radius 3 is 1.93 bits per heavy atom. The smallest absolute Gasteiger partial charge is 0.0220 e. The van der Waals surface area contributed by atoms with E-state index in [0.29, 0.717) is 0 Å². The molecule has 1 heterocycles. The zero-order valence-electron chi connectivity index (χ0n) is 11.3. The summed E-state index contributed by atoms with van der Waals surface area (Å²) >= 11 is 0. The van der Waals surface area contributed by atoms with E-state index in [2.05, 4.69) is 30.9 Å². The topological polar surface area (TPSA) is 6.48 Å². The number of hydrogen-bond donors (Lipinski definition) is 0. The molecule has 1 aliphatic heterocycles. The molecule has 0 aromatic rings. The van der Waals surface area contributed by atoms with Crippen LogP contribution < -0.4 is 0 Å². The molecule has 0 N–H and O–H groups in total. The molecule has 0 aliphatic carbocycles. The maximum Gasteiger partial charge on any atom is 0.0220 e. The van der Waals surface area contributed by atoms with Crippen LogP contribution in [0.3, 0.4) is 0 Å². The lowest BCUT2D eigenvalue weighted by atomic mass is 10.2. The van der Waals surface area contributed by atoms with Crippen molar-refractivity contribution in [3.05, 3.63) is 0 Å². The Morgan fingerprint density at radius 2 is 1.64 bits per heavy atom. The molecule has 0 spiro atoms. The fraction of sp³-hybridized carbons (Fsp3) is 1.00. The fourth-order valence-corrected chi connectivity index (χ4v) is 1.63. The minimum atomic E-state index is 0.815. The molecule has 88 valence electrons. The molecule has 0 aromatic heterocycles. The van der Waals surface area contributed by atoms with Crippen molar-refractivity contribution >= 4 is 0 Å². The van der Waals surface area contributed by atoms with Crippen LogP contribution in [0, 0.1) is 0 Å². The van der Waals surface area contributed by atoms with Crippen LogP contribution in [0.15, 0.2) is 0 Å². The Bertz CT molecular complexity index is 102. The van der Waals surface area contributed by atoms with E-state index >= 15 is 0 Å². The van der Waals surface area contributed by atoms with E-state index in [-0.39, 0.29) is 0 Å². The Morgan fingerprint density at radius 1 is 1.14 bits per heavy atom. The number of rotatable bonds is 2. The summed E-state index contributed by atoms with van der Waals surface area (Å²) in [5, 5.41) is 0. The second kappa shape index (κ2) is 11.0. The first-order chi connectivity index (χ1) is 6.70. The van der Waals surface area contributed by atoms with E-state index in [1.54, 1.807) is 0 Å². The Hall–Kier alpha value is -0.0800. The molecular weight excluding hydrogens is 172 g/mol. The molecule has 0 bridgehead atoms. The average molecular weight is 202 g/mol. The number of likely N-dealkylation sites (tertiary alicyclic amines) is 1. The third-order valence-corrected chi connectivity index (χ3v) is 2.25. The molecule has 0 amide bonds. The van der Waals surface area contributed by atoms with E-state index in [9.17, 15) is 0 Å². The molecule has 1 atom stereocenters. The monoisotopic (exact) mass is 202 g/mol. The summed E-state index contributed by atoms with van der Waals surface area (Å²) in [6, 6.07) is 0.815. The molecule has 14 heavy (non-hydrogen) atoms. The molecule has 2 heteroatoms. The molecule has 1 unspecified atom stereocenters. The van der Waals surface area contributed by atoms with Gasteiger partial charge in [-0.3, -0.25) is 0 Å². The van der Waals surface area contributed by atoms with Crippen molar-refractivity contribution in [2.24, 2.45) is 0 Å². The molecule has 1 saturated heterocycles. The molecule has 1 aliphatic rings. The van der Waals surface area contributed by atoms with Crippen molar-refractivity contribution in [3.8, 4) is 0 Å². The predicted molar refractivity (Wildman–Crippen MR) is 66.9 cm³/mol. The Labute approximate surface area is 91.3 Å². The van der Waals surface area contributed by atoms with Crippen LogP contribution in [-0.2, 0) is 0 Å². The Kier molecular flexibility index (Phi) is 12.8. The van der Waals surface area contributed by atoms with Crippen LogP contribution in [0.1, 0.15) is 40.5 Å². The fourth-order valence-electron chi connectivity index (χ4n) is 1.63. The summed E-state index contributed by atoms with van der Waals surface area (Å²) in [4.78, 5) is 4.73. The number of likely N-dealkylation sites (N-methyl/N-ethyl adjacent to an activating group) is 2. The van der Waals surface area contributed by atoms with Gasteiger partial charge in [-0.1, -0.05) is 27.7 Å². The molecule has 1 rings (SSSR count). The van der Waals surface area contributed by atoms with Gasteiger partial charge in [0.25, 0.3) is 0 Å². The van der Waals surface area contributed by atoms with E-state index < -0.39 is 0 Å². The standard InChI is InChI=1S/C8H18N2.2C2H6/c1-9(2)7-8-5-4-6-10(8)3;2*1-2/h8H,4-7H2,1-3H3;2*1-2H3. The summed E-state index contributed by atoms with van der Waals surface area (Å²) in [5.74, 6) is 0. The highest BCUT2D eigenvalue weighted by atomic mass is 15.2. The van der Waals surface area contributed by atoms with Crippen molar-refractivity contribution in [1.82, 2.24) is 9.80 Å². The quantitative estimate of drug-likeness (QED) is 0.679. The van der Waals surface area contributed by atoms with Crippen molar-refractivity contribution in [3.63, 3.8) is 0 Å². The first-order valence-corrected chi connectivity index (χ1v) is 6.05. The first kappa shape index (κ1) is 16.4. The SMILES string of the molecule is CC.CC.CN(C)CC1CCCN1C. The minimum Gasteiger partial charge on any atom is -0.308 e. The zero-order valence-corrected chi connectivity index (χ0v) is 11.3. The lowest BCUT2D eigenvalue weighted by molar-refractivity contribution is 0.244. The Balaban J connectivity index is 0. The third-order valence-electron chi connectivity index (χ3n) is 2.25. The lowest BCUT2D eigenvalue weighted by Crippen LogP contribution is -2.34. The summed E-state index contributed by atoms with van der Waals surface area (Å²) < 4.78 is 0. The van der Waals surface area contributed by atoms with E-state index in [1.165, 1.54) is 25.9 Å². The zero-order chi connectivity index (χ0) is 11.6. The summed E-state index contributed by atoms with van der Waals surface area (Å²) in [7, 11) is 6.51.